The van der Waals surface area contributed by atoms with Crippen LogP contribution in [0.3, 0.4) is 0 Å². The molecule has 2 aromatic carbocycles. The predicted octanol–water partition coefficient (Wildman–Crippen LogP) is 3.24. The normalized spacial score (nSPS) is 25.0. The highest BCUT2D eigenvalue weighted by molar-refractivity contribution is 7.95. The second-order valence-corrected chi connectivity index (χ2v) is 14.9. The first-order valence-electron chi connectivity index (χ1n) is 10.1. The van der Waals surface area contributed by atoms with E-state index in [0.29, 0.717) is 22.1 Å². The average molecular weight is 572 g/mol. The molecule has 1 fully saturated rings. The molecule has 0 N–H and O–H groups in total. The van der Waals surface area contributed by atoms with Crippen LogP contribution in [-0.4, -0.2) is 12.8 Å². The van der Waals surface area contributed by atoms with Gasteiger partial charge in [0.05, 0.1) is 4.90 Å². The summed E-state index contributed by atoms with van der Waals surface area (Å²) in [5, 5.41) is 0. The van der Waals surface area contributed by atoms with Gasteiger partial charge in [-0.15, -0.1) is 23.2 Å². The van der Waals surface area contributed by atoms with Crippen LogP contribution in [0.1, 0.15) is 31.2 Å². The number of allylic oxidation sites excluding steroid dienone is 4. The number of aryl methyl sites for hydroxylation is 1. The smallest absolute Gasteiger partial charge is 0.219 e. The summed E-state index contributed by atoms with van der Waals surface area (Å²) in [4.78, 5) is 1.02. The molecule has 30 heavy (non-hydrogen) atoms. The molecule has 0 aromatic heterocycles. The van der Waals surface area contributed by atoms with Crippen LogP contribution in [0.4, 0.5) is 0 Å². The average Bonchev–Trinajstić information content (AvgIpc) is 3.26. The highest BCUT2D eigenvalue weighted by Crippen LogP contribution is 2.67. The largest absolute Gasteiger partial charge is 0.354 e. The Bertz CT molecular complexity index is 1170. The van der Waals surface area contributed by atoms with E-state index in [1.165, 1.54) is 14.7 Å². The van der Waals surface area contributed by atoms with Crippen LogP contribution in [0.5, 0.6) is 0 Å². The fourth-order valence-electron chi connectivity index (χ4n) is 4.60. The molecular weight excluding hydrogens is 550 g/mol. The molecule has 0 bridgehead atoms. The number of fused-ring (bicyclic) bond motifs is 1. The van der Waals surface area contributed by atoms with Gasteiger partial charge in [-0.25, -0.2) is 8.42 Å². The Kier molecular flexibility index (Phi) is 5.36. The van der Waals surface area contributed by atoms with Crippen LogP contribution in [0.25, 0.3) is 0 Å². The van der Waals surface area contributed by atoms with E-state index < -0.39 is 35.4 Å². The lowest BCUT2D eigenvalue weighted by Gasteiger charge is -2.24. The van der Waals surface area contributed by atoms with Gasteiger partial charge in [0.1, 0.15) is 9.24 Å². The number of hydrogen-bond donors (Lipinski definition) is 0. The Morgan fingerprint density at radius 1 is 0.900 bits per heavy atom. The maximum atomic E-state index is 13.7. The van der Waals surface area contributed by atoms with Crippen molar-refractivity contribution >= 4 is 33.0 Å². The highest BCUT2D eigenvalue weighted by Gasteiger charge is 2.64. The molecule has 0 heterocycles. The molecule has 0 amide bonds. The molecule has 0 aliphatic heterocycles. The van der Waals surface area contributed by atoms with Crippen molar-refractivity contribution in [2.45, 2.75) is 41.8 Å². The molecule has 1 saturated carbocycles. The SMILES string of the molecule is Cc1ccc(S(=O)(=O)C2=C([I+]c3ccccc3)CC3=C(C2)CC2C(C3)C2(Cl)Cl)cc1. The van der Waals surface area contributed by atoms with E-state index in [4.69, 9.17) is 23.2 Å². The maximum Gasteiger partial charge on any atom is 0.354 e. The van der Waals surface area contributed by atoms with Crippen molar-refractivity contribution < 1.29 is 29.6 Å². The van der Waals surface area contributed by atoms with Gasteiger partial charge in [0.2, 0.25) is 9.84 Å². The minimum Gasteiger partial charge on any atom is -0.219 e. The Morgan fingerprint density at radius 3 is 2.13 bits per heavy atom. The molecule has 3 aliphatic carbocycles. The minimum absolute atomic E-state index is 0.272. The third-order valence-electron chi connectivity index (χ3n) is 6.45. The second-order valence-electron chi connectivity index (χ2n) is 8.39. The van der Waals surface area contributed by atoms with Crippen molar-refractivity contribution in [1.29, 1.82) is 0 Å². The summed E-state index contributed by atoms with van der Waals surface area (Å²) in [6.45, 7) is 1.97. The summed E-state index contributed by atoms with van der Waals surface area (Å²) < 4.78 is 29.1. The van der Waals surface area contributed by atoms with Crippen LogP contribution >= 0.6 is 23.2 Å². The fourth-order valence-corrected chi connectivity index (χ4v) is 10.7. The van der Waals surface area contributed by atoms with Crippen molar-refractivity contribution in [3.05, 3.63) is 83.4 Å². The van der Waals surface area contributed by atoms with Crippen LogP contribution in [0, 0.1) is 22.3 Å². The summed E-state index contributed by atoms with van der Waals surface area (Å²) in [6, 6.07) is 17.5. The summed E-state index contributed by atoms with van der Waals surface area (Å²) in [7, 11) is -3.52. The van der Waals surface area contributed by atoms with Crippen molar-refractivity contribution in [1.82, 2.24) is 0 Å². The first kappa shape index (κ1) is 21.0. The van der Waals surface area contributed by atoms with Crippen LogP contribution in [0.2, 0.25) is 0 Å². The molecule has 2 aromatic rings. The fraction of sp³-hybridized carbons (Fsp3) is 0.333. The molecule has 2 atom stereocenters. The molecule has 5 rings (SSSR count). The Balaban J connectivity index is 1.54. The molecule has 0 radical (unpaired) electrons. The highest BCUT2D eigenvalue weighted by atomic mass is 127. The first-order chi connectivity index (χ1) is 14.3. The predicted molar refractivity (Wildman–Crippen MR) is 117 cm³/mol. The number of alkyl halides is 2. The van der Waals surface area contributed by atoms with Crippen molar-refractivity contribution in [2.24, 2.45) is 11.8 Å². The number of benzene rings is 2. The van der Waals surface area contributed by atoms with E-state index in [-0.39, 0.29) is 5.92 Å². The maximum absolute atomic E-state index is 13.7. The van der Waals surface area contributed by atoms with Gasteiger partial charge in [0.25, 0.3) is 0 Å². The monoisotopic (exact) mass is 571 g/mol. The molecule has 0 spiro atoms. The van der Waals surface area contributed by atoms with Gasteiger partial charge in [-0.05, 0) is 44.0 Å². The van der Waals surface area contributed by atoms with E-state index in [9.17, 15) is 8.42 Å². The topological polar surface area (TPSA) is 34.1 Å². The Labute approximate surface area is 198 Å². The molecule has 0 saturated heterocycles. The molecular formula is C24H22Cl2IO2S+. The number of hydrogen-bond acceptors (Lipinski definition) is 2. The van der Waals surface area contributed by atoms with E-state index >= 15 is 0 Å². The third kappa shape index (κ3) is 3.68. The summed E-state index contributed by atoms with van der Waals surface area (Å²) >= 11 is 12.4. The van der Waals surface area contributed by atoms with Gasteiger partial charge >= 0.3 is 21.2 Å². The van der Waals surface area contributed by atoms with Crippen LogP contribution in [-0.2, 0) is 9.84 Å². The van der Waals surface area contributed by atoms with Crippen LogP contribution < -0.4 is 21.2 Å². The van der Waals surface area contributed by atoms with E-state index in [1.54, 1.807) is 12.1 Å². The Morgan fingerprint density at radius 2 is 1.50 bits per heavy atom. The van der Waals surface area contributed by atoms with Crippen molar-refractivity contribution in [3.8, 4) is 0 Å². The molecule has 6 heteroatoms. The molecule has 3 aliphatic rings. The van der Waals surface area contributed by atoms with Gasteiger partial charge in [0.15, 0.2) is 7.15 Å². The molecule has 2 unspecified atom stereocenters. The summed E-state index contributed by atoms with van der Waals surface area (Å²) in [6.07, 6.45) is 3.01. The summed E-state index contributed by atoms with van der Waals surface area (Å²) in [5.41, 5.74) is 3.69. The van der Waals surface area contributed by atoms with E-state index in [1.807, 2.05) is 37.3 Å². The zero-order valence-electron chi connectivity index (χ0n) is 16.5. The molecule has 156 valence electrons. The van der Waals surface area contributed by atoms with E-state index in [0.717, 1.165) is 28.4 Å². The number of sulfone groups is 1. The first-order valence-corrected chi connectivity index (χ1v) is 14.5. The lowest BCUT2D eigenvalue weighted by atomic mass is 9.85. The van der Waals surface area contributed by atoms with Crippen molar-refractivity contribution in [2.75, 3.05) is 0 Å². The van der Waals surface area contributed by atoms with Gasteiger partial charge in [0, 0.05) is 24.7 Å². The zero-order valence-corrected chi connectivity index (χ0v) is 21.0. The second kappa shape index (κ2) is 7.65. The Hall–Kier alpha value is -0.820. The summed E-state index contributed by atoms with van der Waals surface area (Å²) in [5.74, 6) is 0.597. The third-order valence-corrected chi connectivity index (χ3v) is 12.9. The standard InChI is InChI=1S/C24H22Cl2IO2S/c1-15-7-9-19(10-8-15)30(28,29)23-14-17-12-21-20(24(21,25)26)11-16(17)13-22(23)27-18-5-3-2-4-6-18/h2-10,20-21H,11-14H2,1H3/q+1. The number of halogens is 3. The quantitative estimate of drug-likeness (QED) is 0.321. The zero-order chi connectivity index (χ0) is 21.1. The molecule has 2 nitrogen and oxygen atoms in total. The number of rotatable bonds is 4. The van der Waals surface area contributed by atoms with Gasteiger partial charge in [-0.1, -0.05) is 47.0 Å². The van der Waals surface area contributed by atoms with E-state index in [2.05, 4.69) is 12.1 Å². The van der Waals surface area contributed by atoms with Crippen LogP contribution in [0.15, 0.2) is 79.1 Å². The van der Waals surface area contributed by atoms with Crippen molar-refractivity contribution in [3.63, 3.8) is 0 Å². The minimum atomic E-state index is -3.52. The van der Waals surface area contributed by atoms with Gasteiger partial charge in [-0.3, -0.25) is 0 Å². The van der Waals surface area contributed by atoms with Gasteiger partial charge < -0.3 is 0 Å². The van der Waals surface area contributed by atoms with Gasteiger partial charge in [-0.2, -0.15) is 0 Å². The lowest BCUT2D eigenvalue weighted by molar-refractivity contribution is -0.578. The lowest BCUT2D eigenvalue weighted by Crippen LogP contribution is -3.61.